The summed E-state index contributed by atoms with van der Waals surface area (Å²) in [6, 6.07) is 6.91. The molecule has 0 aromatic heterocycles. The van der Waals surface area contributed by atoms with Crippen molar-refractivity contribution in [2.75, 3.05) is 33.7 Å². The number of ketones is 1. The van der Waals surface area contributed by atoms with Crippen LogP contribution in [0.5, 0.6) is 5.75 Å². The Labute approximate surface area is 114 Å². The van der Waals surface area contributed by atoms with Crippen molar-refractivity contribution in [3.05, 3.63) is 29.8 Å². The minimum absolute atomic E-state index is 0.0464. The summed E-state index contributed by atoms with van der Waals surface area (Å²) in [5, 5.41) is 9.45. The molecule has 1 aliphatic heterocycles. The number of hydrogen-bond donors (Lipinski definition) is 1. The smallest absolute Gasteiger partial charge is 0.155 e. The lowest BCUT2D eigenvalue weighted by atomic mass is 10.0. The first kappa shape index (κ1) is 14.0. The molecule has 104 valence electrons. The molecule has 4 nitrogen and oxygen atoms in total. The van der Waals surface area contributed by atoms with E-state index in [4.69, 9.17) is 0 Å². The molecule has 1 saturated heterocycles. The molecule has 1 atom stereocenters. The summed E-state index contributed by atoms with van der Waals surface area (Å²) in [6.07, 6.45) is 1.49. The van der Waals surface area contributed by atoms with E-state index in [9.17, 15) is 9.90 Å². The lowest BCUT2D eigenvalue weighted by Gasteiger charge is -2.26. The van der Waals surface area contributed by atoms with E-state index >= 15 is 0 Å². The third-order valence-electron chi connectivity index (χ3n) is 3.73. The second-order valence-electron chi connectivity index (χ2n) is 5.43. The van der Waals surface area contributed by atoms with Gasteiger partial charge in [0.15, 0.2) is 5.78 Å². The number of hydrogen-bond acceptors (Lipinski definition) is 4. The molecule has 1 aromatic carbocycles. The predicted molar refractivity (Wildman–Crippen MR) is 75.3 cm³/mol. The van der Waals surface area contributed by atoms with Crippen molar-refractivity contribution >= 4 is 5.78 Å². The average Bonchev–Trinajstić information content (AvgIpc) is 2.51. The first-order valence-corrected chi connectivity index (χ1v) is 6.75. The fourth-order valence-electron chi connectivity index (χ4n) is 2.60. The van der Waals surface area contributed by atoms with Crippen LogP contribution in [0.2, 0.25) is 0 Å². The number of phenolic OH excluding ortho intramolecular Hbond substituents is 1. The highest BCUT2D eigenvalue weighted by Gasteiger charge is 2.26. The molecule has 0 radical (unpaired) electrons. The topological polar surface area (TPSA) is 43.8 Å². The van der Waals surface area contributed by atoms with Crippen LogP contribution in [0.25, 0.3) is 0 Å². The van der Waals surface area contributed by atoms with E-state index in [1.165, 1.54) is 0 Å². The summed E-state index contributed by atoms with van der Waals surface area (Å²) >= 11 is 0. The van der Waals surface area contributed by atoms with Crippen LogP contribution in [0.3, 0.4) is 0 Å². The number of phenols is 1. The lowest BCUT2D eigenvalue weighted by Crippen LogP contribution is -2.44. The molecule has 1 aromatic rings. The Morgan fingerprint density at radius 1 is 1.37 bits per heavy atom. The SMILES string of the molecule is CN1CCCN(C)C(C(=O)Cc2cccc(O)c2)C1. The van der Waals surface area contributed by atoms with Crippen LogP contribution in [-0.2, 0) is 11.2 Å². The first-order chi connectivity index (χ1) is 9.06. The van der Waals surface area contributed by atoms with Crippen LogP contribution in [0.1, 0.15) is 12.0 Å². The fraction of sp³-hybridized carbons (Fsp3) is 0.533. The average molecular weight is 262 g/mol. The number of Topliss-reactive ketones (excluding diaryl/α,β-unsaturated/α-hetero) is 1. The van der Waals surface area contributed by atoms with Crippen LogP contribution >= 0.6 is 0 Å². The Hall–Kier alpha value is -1.39. The van der Waals surface area contributed by atoms with Crippen molar-refractivity contribution in [2.24, 2.45) is 0 Å². The van der Waals surface area contributed by atoms with Gasteiger partial charge in [0.2, 0.25) is 0 Å². The maximum Gasteiger partial charge on any atom is 0.155 e. The molecule has 0 bridgehead atoms. The van der Waals surface area contributed by atoms with Gasteiger partial charge in [-0.1, -0.05) is 12.1 Å². The molecule has 1 unspecified atom stereocenters. The van der Waals surface area contributed by atoms with E-state index < -0.39 is 0 Å². The second kappa shape index (κ2) is 6.17. The van der Waals surface area contributed by atoms with Gasteiger partial charge in [0.1, 0.15) is 5.75 Å². The lowest BCUT2D eigenvalue weighted by molar-refractivity contribution is -0.123. The number of rotatable bonds is 3. The third-order valence-corrected chi connectivity index (χ3v) is 3.73. The summed E-state index contributed by atoms with van der Waals surface area (Å²) in [4.78, 5) is 16.8. The Morgan fingerprint density at radius 2 is 2.16 bits per heavy atom. The quantitative estimate of drug-likeness (QED) is 0.887. The monoisotopic (exact) mass is 262 g/mol. The Morgan fingerprint density at radius 3 is 2.89 bits per heavy atom. The number of aromatic hydroxyl groups is 1. The highest BCUT2D eigenvalue weighted by Crippen LogP contribution is 2.14. The highest BCUT2D eigenvalue weighted by molar-refractivity contribution is 5.86. The zero-order chi connectivity index (χ0) is 13.8. The van der Waals surface area contributed by atoms with Gasteiger partial charge in [-0.3, -0.25) is 9.69 Å². The van der Waals surface area contributed by atoms with Gasteiger partial charge in [0.25, 0.3) is 0 Å². The molecule has 1 N–H and O–H groups in total. The molecule has 0 saturated carbocycles. The van der Waals surface area contributed by atoms with Gasteiger partial charge in [-0.25, -0.2) is 0 Å². The van der Waals surface area contributed by atoms with E-state index in [0.717, 1.165) is 31.6 Å². The zero-order valence-corrected chi connectivity index (χ0v) is 11.7. The second-order valence-corrected chi connectivity index (χ2v) is 5.43. The van der Waals surface area contributed by atoms with Crippen molar-refractivity contribution in [3.8, 4) is 5.75 Å². The van der Waals surface area contributed by atoms with Gasteiger partial charge < -0.3 is 10.0 Å². The van der Waals surface area contributed by atoms with Crippen LogP contribution < -0.4 is 0 Å². The molecule has 0 spiro atoms. The maximum atomic E-state index is 12.4. The van der Waals surface area contributed by atoms with Crippen molar-refractivity contribution in [2.45, 2.75) is 18.9 Å². The summed E-state index contributed by atoms with van der Waals surface area (Å²) in [5.41, 5.74) is 0.880. The number of nitrogens with zero attached hydrogens (tertiary/aromatic N) is 2. The van der Waals surface area contributed by atoms with Gasteiger partial charge in [-0.2, -0.15) is 0 Å². The van der Waals surface area contributed by atoms with Gasteiger partial charge in [-0.05, 0) is 51.3 Å². The fourth-order valence-corrected chi connectivity index (χ4v) is 2.60. The van der Waals surface area contributed by atoms with Crippen LogP contribution in [0.4, 0.5) is 0 Å². The molecule has 0 aliphatic carbocycles. The number of benzene rings is 1. The largest absolute Gasteiger partial charge is 0.508 e. The minimum Gasteiger partial charge on any atom is -0.508 e. The van der Waals surface area contributed by atoms with Crippen molar-refractivity contribution in [1.82, 2.24) is 9.80 Å². The summed E-state index contributed by atoms with van der Waals surface area (Å²) in [7, 11) is 4.08. The van der Waals surface area contributed by atoms with Crippen molar-refractivity contribution in [3.63, 3.8) is 0 Å². The Bertz CT molecular complexity index is 448. The maximum absolute atomic E-state index is 12.4. The summed E-state index contributed by atoms with van der Waals surface area (Å²) in [6.45, 7) is 2.79. The Balaban J connectivity index is 2.05. The Kier molecular flexibility index (Phi) is 4.56. The van der Waals surface area contributed by atoms with Gasteiger partial charge in [0, 0.05) is 13.0 Å². The van der Waals surface area contributed by atoms with E-state index in [1.54, 1.807) is 18.2 Å². The molecule has 1 fully saturated rings. The van der Waals surface area contributed by atoms with Gasteiger partial charge in [0.05, 0.1) is 6.04 Å². The summed E-state index contributed by atoms with van der Waals surface area (Å²) < 4.78 is 0. The molecule has 4 heteroatoms. The van der Waals surface area contributed by atoms with Crippen LogP contribution in [0, 0.1) is 0 Å². The minimum atomic E-state index is -0.0464. The van der Waals surface area contributed by atoms with Gasteiger partial charge >= 0.3 is 0 Å². The van der Waals surface area contributed by atoms with Gasteiger partial charge in [-0.15, -0.1) is 0 Å². The van der Waals surface area contributed by atoms with Crippen LogP contribution in [-0.4, -0.2) is 60.5 Å². The third kappa shape index (κ3) is 3.78. The molecule has 2 rings (SSSR count). The standard InChI is InChI=1S/C15H22N2O2/c1-16-7-4-8-17(2)14(11-16)15(19)10-12-5-3-6-13(18)9-12/h3,5-6,9,14,18H,4,7-8,10-11H2,1-2H3. The van der Waals surface area contributed by atoms with E-state index in [1.807, 2.05) is 13.1 Å². The molecule has 0 amide bonds. The van der Waals surface area contributed by atoms with E-state index in [2.05, 4.69) is 16.8 Å². The van der Waals surface area contributed by atoms with E-state index in [-0.39, 0.29) is 17.6 Å². The number of likely N-dealkylation sites (N-methyl/N-ethyl adjacent to an activating group) is 2. The summed E-state index contributed by atoms with van der Waals surface area (Å²) in [5.74, 6) is 0.443. The van der Waals surface area contributed by atoms with Crippen LogP contribution in [0.15, 0.2) is 24.3 Å². The zero-order valence-electron chi connectivity index (χ0n) is 11.7. The molecular formula is C15H22N2O2. The number of carbonyl (C=O) groups excluding carboxylic acids is 1. The normalized spacial score (nSPS) is 22.1. The molecule has 19 heavy (non-hydrogen) atoms. The van der Waals surface area contributed by atoms with Crippen molar-refractivity contribution in [1.29, 1.82) is 0 Å². The number of carbonyl (C=O) groups is 1. The molecule has 1 heterocycles. The molecular weight excluding hydrogens is 240 g/mol. The highest BCUT2D eigenvalue weighted by atomic mass is 16.3. The van der Waals surface area contributed by atoms with E-state index in [0.29, 0.717) is 6.42 Å². The first-order valence-electron chi connectivity index (χ1n) is 6.75. The molecule has 1 aliphatic rings. The van der Waals surface area contributed by atoms with Crippen molar-refractivity contribution < 1.29 is 9.90 Å². The predicted octanol–water partition coefficient (Wildman–Crippen LogP) is 1.14.